The van der Waals surface area contributed by atoms with E-state index in [1.807, 2.05) is 6.07 Å². The van der Waals surface area contributed by atoms with Crippen LogP contribution in [0, 0.1) is 0 Å². The number of pyridine rings is 1. The molecule has 2 rings (SSSR count). The second-order valence-corrected chi connectivity index (χ2v) is 4.02. The monoisotopic (exact) mass is 219 g/mol. The molecule has 1 aliphatic rings. The predicted octanol–water partition coefficient (Wildman–Crippen LogP) is 1.63. The Bertz CT molecular complexity index is 420. The van der Waals surface area contributed by atoms with Crippen molar-refractivity contribution in [2.45, 2.75) is 24.9 Å². The average molecular weight is 219 g/mol. The SMILES string of the molecule is C=C(C(=O)O)C(O)c1ccc(C2CC2)cn1. The van der Waals surface area contributed by atoms with Crippen molar-refractivity contribution in [2.75, 3.05) is 0 Å². The number of carbonyl (C=O) groups is 1. The van der Waals surface area contributed by atoms with Crippen molar-refractivity contribution in [3.05, 3.63) is 41.7 Å². The number of carboxylic acids is 1. The normalized spacial score (nSPS) is 16.8. The molecule has 1 heterocycles. The molecule has 16 heavy (non-hydrogen) atoms. The van der Waals surface area contributed by atoms with Crippen molar-refractivity contribution in [1.82, 2.24) is 4.98 Å². The van der Waals surface area contributed by atoms with Crippen LogP contribution < -0.4 is 0 Å². The molecule has 0 amide bonds. The highest BCUT2D eigenvalue weighted by molar-refractivity contribution is 5.87. The van der Waals surface area contributed by atoms with Gasteiger partial charge in [0.05, 0.1) is 11.3 Å². The molecule has 1 aromatic heterocycles. The molecule has 2 N–H and O–H groups in total. The maximum atomic E-state index is 10.6. The van der Waals surface area contributed by atoms with E-state index in [2.05, 4.69) is 11.6 Å². The van der Waals surface area contributed by atoms with Gasteiger partial charge in [0.1, 0.15) is 6.10 Å². The van der Waals surface area contributed by atoms with Crippen LogP contribution in [-0.2, 0) is 4.79 Å². The minimum atomic E-state index is -1.23. The van der Waals surface area contributed by atoms with Crippen molar-refractivity contribution in [1.29, 1.82) is 0 Å². The summed E-state index contributed by atoms with van der Waals surface area (Å²) in [5, 5.41) is 18.3. The van der Waals surface area contributed by atoms with Crippen molar-refractivity contribution in [3.8, 4) is 0 Å². The summed E-state index contributed by atoms with van der Waals surface area (Å²) < 4.78 is 0. The van der Waals surface area contributed by atoms with Crippen LogP contribution >= 0.6 is 0 Å². The number of aliphatic hydroxyl groups is 1. The molecule has 4 nitrogen and oxygen atoms in total. The molecule has 1 fully saturated rings. The smallest absolute Gasteiger partial charge is 0.334 e. The summed E-state index contributed by atoms with van der Waals surface area (Å²) >= 11 is 0. The largest absolute Gasteiger partial charge is 0.478 e. The summed E-state index contributed by atoms with van der Waals surface area (Å²) in [6.07, 6.45) is 2.84. The Kier molecular flexibility index (Phi) is 2.75. The lowest BCUT2D eigenvalue weighted by atomic mass is 10.1. The number of hydrogen-bond acceptors (Lipinski definition) is 3. The van der Waals surface area contributed by atoms with E-state index in [1.165, 1.54) is 12.8 Å². The third kappa shape index (κ3) is 2.12. The summed E-state index contributed by atoms with van der Waals surface area (Å²) in [6.45, 7) is 3.31. The molecule has 84 valence electrons. The fourth-order valence-corrected chi connectivity index (χ4v) is 1.53. The highest BCUT2D eigenvalue weighted by Crippen LogP contribution is 2.39. The molecule has 0 saturated heterocycles. The zero-order chi connectivity index (χ0) is 11.7. The first kappa shape index (κ1) is 10.8. The van der Waals surface area contributed by atoms with E-state index in [0.717, 1.165) is 5.56 Å². The average Bonchev–Trinajstić information content (AvgIpc) is 3.11. The Hall–Kier alpha value is -1.68. The molecule has 1 unspecified atom stereocenters. The number of aromatic nitrogens is 1. The quantitative estimate of drug-likeness (QED) is 0.755. The van der Waals surface area contributed by atoms with Gasteiger partial charge < -0.3 is 10.2 Å². The van der Waals surface area contributed by atoms with Gasteiger partial charge in [-0.3, -0.25) is 4.98 Å². The number of nitrogens with zero attached hydrogens (tertiary/aromatic N) is 1. The number of aliphatic hydroxyl groups excluding tert-OH is 1. The first-order valence-electron chi connectivity index (χ1n) is 5.15. The third-order valence-corrected chi connectivity index (χ3v) is 2.74. The van der Waals surface area contributed by atoms with E-state index in [9.17, 15) is 9.90 Å². The number of rotatable bonds is 4. The maximum Gasteiger partial charge on any atom is 0.334 e. The summed E-state index contributed by atoms with van der Waals surface area (Å²) in [6, 6.07) is 3.55. The maximum absolute atomic E-state index is 10.6. The summed E-state index contributed by atoms with van der Waals surface area (Å²) in [5.74, 6) is -0.609. The van der Waals surface area contributed by atoms with Crippen LogP contribution in [0.4, 0.5) is 0 Å². The Labute approximate surface area is 93.3 Å². The molecule has 1 aromatic rings. The van der Waals surface area contributed by atoms with Gasteiger partial charge in [-0.25, -0.2) is 4.79 Å². The third-order valence-electron chi connectivity index (χ3n) is 2.74. The van der Waals surface area contributed by atoms with Crippen LogP contribution in [0.3, 0.4) is 0 Å². The lowest BCUT2D eigenvalue weighted by molar-refractivity contribution is -0.133. The number of hydrogen-bond donors (Lipinski definition) is 2. The van der Waals surface area contributed by atoms with Crippen LogP contribution in [-0.4, -0.2) is 21.2 Å². The molecule has 1 aliphatic carbocycles. The molecule has 0 radical (unpaired) electrons. The molecule has 4 heteroatoms. The summed E-state index contributed by atoms with van der Waals surface area (Å²) in [7, 11) is 0. The lowest BCUT2D eigenvalue weighted by Gasteiger charge is -2.10. The van der Waals surface area contributed by atoms with Crippen molar-refractivity contribution in [2.24, 2.45) is 0 Å². The first-order chi connectivity index (χ1) is 7.59. The standard InChI is InChI=1S/C12H13NO3/c1-7(12(15)16)11(14)10-5-4-9(6-13-10)8-2-3-8/h4-6,8,11,14H,1-3H2,(H,15,16). The second-order valence-electron chi connectivity index (χ2n) is 4.02. The number of carboxylic acid groups (broad SMARTS) is 1. The minimum absolute atomic E-state index is 0.258. The van der Waals surface area contributed by atoms with Crippen LogP contribution in [0.15, 0.2) is 30.5 Å². The topological polar surface area (TPSA) is 70.4 Å². The molecule has 0 aromatic carbocycles. The summed E-state index contributed by atoms with van der Waals surface area (Å²) in [4.78, 5) is 14.7. The van der Waals surface area contributed by atoms with E-state index in [-0.39, 0.29) is 5.57 Å². The van der Waals surface area contributed by atoms with Gasteiger partial charge in [-0.1, -0.05) is 12.6 Å². The lowest BCUT2D eigenvalue weighted by Crippen LogP contribution is -2.10. The summed E-state index contributed by atoms with van der Waals surface area (Å²) in [5.41, 5.74) is 1.22. The van der Waals surface area contributed by atoms with Gasteiger partial charge in [-0.05, 0) is 30.4 Å². The Morgan fingerprint density at radius 2 is 2.19 bits per heavy atom. The van der Waals surface area contributed by atoms with Crippen LogP contribution in [0.25, 0.3) is 0 Å². The van der Waals surface area contributed by atoms with Crippen LogP contribution in [0.1, 0.15) is 36.1 Å². The Morgan fingerprint density at radius 1 is 1.50 bits per heavy atom. The highest BCUT2D eigenvalue weighted by atomic mass is 16.4. The zero-order valence-electron chi connectivity index (χ0n) is 8.76. The molecule has 0 bridgehead atoms. The first-order valence-corrected chi connectivity index (χ1v) is 5.15. The van der Waals surface area contributed by atoms with Gasteiger partial charge in [0.15, 0.2) is 0 Å². The zero-order valence-corrected chi connectivity index (χ0v) is 8.76. The van der Waals surface area contributed by atoms with Gasteiger partial charge in [0, 0.05) is 6.20 Å². The Balaban J connectivity index is 2.14. The van der Waals surface area contributed by atoms with Gasteiger partial charge in [0.2, 0.25) is 0 Å². The minimum Gasteiger partial charge on any atom is -0.478 e. The molecule has 1 saturated carbocycles. The molecule has 1 atom stereocenters. The van der Waals surface area contributed by atoms with Crippen molar-refractivity contribution >= 4 is 5.97 Å². The second kappa shape index (κ2) is 4.06. The van der Waals surface area contributed by atoms with Gasteiger partial charge in [-0.2, -0.15) is 0 Å². The molecule has 0 aliphatic heterocycles. The molecular weight excluding hydrogens is 206 g/mol. The molecular formula is C12H13NO3. The van der Waals surface area contributed by atoms with E-state index >= 15 is 0 Å². The van der Waals surface area contributed by atoms with Crippen molar-refractivity contribution < 1.29 is 15.0 Å². The van der Waals surface area contributed by atoms with Crippen LogP contribution in [0.2, 0.25) is 0 Å². The number of aliphatic carboxylic acids is 1. The van der Waals surface area contributed by atoms with Crippen molar-refractivity contribution in [3.63, 3.8) is 0 Å². The van der Waals surface area contributed by atoms with E-state index in [1.54, 1.807) is 12.3 Å². The fraction of sp³-hybridized carbons (Fsp3) is 0.333. The van der Waals surface area contributed by atoms with Gasteiger partial charge in [-0.15, -0.1) is 0 Å². The van der Waals surface area contributed by atoms with E-state index < -0.39 is 12.1 Å². The fourth-order valence-electron chi connectivity index (χ4n) is 1.53. The van der Waals surface area contributed by atoms with Gasteiger partial charge in [0.25, 0.3) is 0 Å². The van der Waals surface area contributed by atoms with E-state index in [4.69, 9.17) is 5.11 Å². The van der Waals surface area contributed by atoms with Gasteiger partial charge >= 0.3 is 5.97 Å². The predicted molar refractivity (Wildman–Crippen MR) is 57.9 cm³/mol. The van der Waals surface area contributed by atoms with E-state index in [0.29, 0.717) is 11.6 Å². The highest BCUT2D eigenvalue weighted by Gasteiger charge is 2.24. The Morgan fingerprint density at radius 3 is 2.62 bits per heavy atom. The van der Waals surface area contributed by atoms with Crippen LogP contribution in [0.5, 0.6) is 0 Å². The molecule has 0 spiro atoms.